The number of sulfonamides is 1. The number of carbonyl (C=O) groups is 1. The molecule has 2 aromatic rings. The average Bonchev–Trinajstić information content (AvgIpc) is 3.36. The molecule has 2 unspecified atom stereocenters. The molecule has 0 bridgehead atoms. The molecule has 1 fully saturated rings. The number of carbonyl (C=O) groups excluding carboxylic acids is 1. The third-order valence-corrected chi connectivity index (χ3v) is 6.16. The zero-order valence-corrected chi connectivity index (χ0v) is 14.8. The summed E-state index contributed by atoms with van der Waals surface area (Å²) in [5.41, 5.74) is 1.50. The quantitative estimate of drug-likeness (QED) is 0.889. The lowest BCUT2D eigenvalue weighted by molar-refractivity contribution is -0.117. The minimum atomic E-state index is -3.48. The molecule has 0 aliphatic heterocycles. The Labute approximate surface area is 146 Å². The standard InChI is InChI=1S/C18H19FN2O3S/c1-21(2)25(23,24)15-9-7-14(8-10-15)20-18(22)17-11-16(17)12-3-5-13(19)6-4-12/h3-10,16-17H,11H2,1-2H3,(H,20,22). The number of halogens is 1. The number of nitrogens with one attached hydrogen (secondary N) is 1. The average molecular weight is 362 g/mol. The van der Waals surface area contributed by atoms with Crippen molar-refractivity contribution in [1.82, 2.24) is 4.31 Å². The molecule has 1 amide bonds. The van der Waals surface area contributed by atoms with E-state index in [1.54, 1.807) is 24.3 Å². The van der Waals surface area contributed by atoms with Gasteiger partial charge in [-0.05, 0) is 54.3 Å². The Kier molecular flexibility index (Phi) is 4.62. The monoisotopic (exact) mass is 362 g/mol. The second-order valence-electron chi connectivity index (χ2n) is 6.30. The Hall–Kier alpha value is -2.25. The third kappa shape index (κ3) is 3.72. The van der Waals surface area contributed by atoms with Crippen LogP contribution in [0.1, 0.15) is 17.9 Å². The van der Waals surface area contributed by atoms with Crippen LogP contribution in [0.3, 0.4) is 0 Å². The van der Waals surface area contributed by atoms with E-state index in [0.717, 1.165) is 16.3 Å². The summed E-state index contributed by atoms with van der Waals surface area (Å²) in [6.45, 7) is 0. The molecule has 2 atom stereocenters. The van der Waals surface area contributed by atoms with Crippen molar-refractivity contribution >= 4 is 21.6 Å². The van der Waals surface area contributed by atoms with Crippen LogP contribution in [0.5, 0.6) is 0 Å². The summed E-state index contributed by atoms with van der Waals surface area (Å²) in [6, 6.07) is 12.3. The molecular formula is C18H19FN2O3S. The van der Waals surface area contributed by atoms with Gasteiger partial charge in [-0.2, -0.15) is 0 Å². The fourth-order valence-corrected chi connectivity index (χ4v) is 3.62. The van der Waals surface area contributed by atoms with E-state index in [9.17, 15) is 17.6 Å². The zero-order chi connectivity index (χ0) is 18.2. The van der Waals surface area contributed by atoms with Gasteiger partial charge in [0.05, 0.1) is 4.90 Å². The largest absolute Gasteiger partial charge is 0.326 e. The molecule has 0 aromatic heterocycles. The Morgan fingerprint density at radius 2 is 1.68 bits per heavy atom. The topological polar surface area (TPSA) is 66.5 Å². The SMILES string of the molecule is CN(C)S(=O)(=O)c1ccc(NC(=O)C2CC2c2ccc(F)cc2)cc1. The van der Waals surface area contributed by atoms with Crippen molar-refractivity contribution in [2.75, 3.05) is 19.4 Å². The van der Waals surface area contributed by atoms with Crippen LogP contribution in [0, 0.1) is 11.7 Å². The number of benzene rings is 2. The molecule has 0 saturated heterocycles. The van der Waals surface area contributed by atoms with E-state index >= 15 is 0 Å². The normalized spacial score (nSPS) is 19.7. The van der Waals surface area contributed by atoms with Gasteiger partial charge >= 0.3 is 0 Å². The molecule has 25 heavy (non-hydrogen) atoms. The van der Waals surface area contributed by atoms with Crippen LogP contribution in [0.4, 0.5) is 10.1 Å². The van der Waals surface area contributed by atoms with Gasteiger partial charge in [-0.1, -0.05) is 12.1 Å². The maximum absolute atomic E-state index is 13.0. The Bertz CT molecular complexity index is 878. The first-order valence-corrected chi connectivity index (χ1v) is 9.32. The maximum Gasteiger partial charge on any atom is 0.242 e. The molecule has 1 saturated carbocycles. The number of amides is 1. The van der Waals surface area contributed by atoms with Crippen molar-refractivity contribution in [1.29, 1.82) is 0 Å². The first-order valence-electron chi connectivity index (χ1n) is 7.88. The van der Waals surface area contributed by atoms with Crippen LogP contribution >= 0.6 is 0 Å². The Morgan fingerprint density at radius 3 is 2.24 bits per heavy atom. The summed E-state index contributed by atoms with van der Waals surface area (Å²) in [5, 5.41) is 2.80. The lowest BCUT2D eigenvalue weighted by Gasteiger charge is -2.12. The lowest BCUT2D eigenvalue weighted by atomic mass is 10.1. The summed E-state index contributed by atoms with van der Waals surface area (Å²) in [7, 11) is -0.553. The van der Waals surface area contributed by atoms with E-state index in [4.69, 9.17) is 0 Å². The van der Waals surface area contributed by atoms with Crippen LogP contribution in [0.15, 0.2) is 53.4 Å². The second-order valence-corrected chi connectivity index (χ2v) is 8.45. The highest BCUT2D eigenvalue weighted by Gasteiger charge is 2.43. The van der Waals surface area contributed by atoms with Crippen LogP contribution in [-0.2, 0) is 14.8 Å². The van der Waals surface area contributed by atoms with E-state index < -0.39 is 10.0 Å². The predicted octanol–water partition coefficient (Wildman–Crippen LogP) is 2.82. The molecule has 0 spiro atoms. The lowest BCUT2D eigenvalue weighted by Crippen LogP contribution is -2.22. The molecule has 1 aliphatic carbocycles. The van der Waals surface area contributed by atoms with Crippen LogP contribution in [0.2, 0.25) is 0 Å². The number of hydrogen-bond donors (Lipinski definition) is 1. The van der Waals surface area contributed by atoms with E-state index in [-0.39, 0.29) is 28.5 Å². The van der Waals surface area contributed by atoms with Gasteiger partial charge in [0.15, 0.2) is 0 Å². The Morgan fingerprint density at radius 1 is 1.08 bits per heavy atom. The summed E-state index contributed by atoms with van der Waals surface area (Å²) in [6.07, 6.45) is 0.727. The first-order chi connectivity index (χ1) is 11.8. The van der Waals surface area contributed by atoms with Gasteiger partial charge in [0.25, 0.3) is 0 Å². The van der Waals surface area contributed by atoms with Crippen molar-refractivity contribution in [2.24, 2.45) is 5.92 Å². The summed E-state index contributed by atoms with van der Waals surface area (Å²) in [4.78, 5) is 12.5. The maximum atomic E-state index is 13.0. The van der Waals surface area contributed by atoms with Gasteiger partial charge in [-0.3, -0.25) is 4.79 Å². The highest BCUT2D eigenvalue weighted by Crippen LogP contribution is 2.48. The van der Waals surface area contributed by atoms with Crippen molar-refractivity contribution in [3.05, 3.63) is 59.9 Å². The van der Waals surface area contributed by atoms with Gasteiger partial charge in [0, 0.05) is 25.7 Å². The van der Waals surface area contributed by atoms with Gasteiger partial charge in [-0.25, -0.2) is 17.1 Å². The van der Waals surface area contributed by atoms with Crippen molar-refractivity contribution in [3.8, 4) is 0 Å². The van der Waals surface area contributed by atoms with Crippen LogP contribution in [-0.4, -0.2) is 32.7 Å². The molecule has 1 N–H and O–H groups in total. The van der Waals surface area contributed by atoms with E-state index in [1.165, 1.54) is 38.4 Å². The second kappa shape index (κ2) is 6.57. The van der Waals surface area contributed by atoms with Gasteiger partial charge < -0.3 is 5.32 Å². The molecule has 3 rings (SSSR count). The first kappa shape index (κ1) is 17.6. The number of anilines is 1. The fourth-order valence-electron chi connectivity index (χ4n) is 2.72. The highest BCUT2D eigenvalue weighted by molar-refractivity contribution is 7.89. The number of rotatable bonds is 5. The number of hydrogen-bond acceptors (Lipinski definition) is 3. The Balaban J connectivity index is 1.64. The molecule has 7 heteroatoms. The molecular weight excluding hydrogens is 343 g/mol. The van der Waals surface area contributed by atoms with Crippen LogP contribution < -0.4 is 5.32 Å². The van der Waals surface area contributed by atoms with E-state index in [1.807, 2.05) is 0 Å². The van der Waals surface area contributed by atoms with Crippen LogP contribution in [0.25, 0.3) is 0 Å². The predicted molar refractivity (Wildman–Crippen MR) is 93.2 cm³/mol. The molecule has 132 valence electrons. The van der Waals surface area contributed by atoms with Crippen molar-refractivity contribution in [3.63, 3.8) is 0 Å². The van der Waals surface area contributed by atoms with E-state index in [0.29, 0.717) is 5.69 Å². The molecule has 0 heterocycles. The minimum Gasteiger partial charge on any atom is -0.326 e. The van der Waals surface area contributed by atoms with Gasteiger partial charge in [0.1, 0.15) is 5.82 Å². The molecule has 1 aliphatic rings. The molecule has 2 aromatic carbocycles. The summed E-state index contributed by atoms with van der Waals surface area (Å²) < 4.78 is 38.1. The fraction of sp³-hybridized carbons (Fsp3) is 0.278. The highest BCUT2D eigenvalue weighted by atomic mass is 32.2. The third-order valence-electron chi connectivity index (χ3n) is 4.33. The summed E-state index contributed by atoms with van der Waals surface area (Å²) >= 11 is 0. The van der Waals surface area contributed by atoms with Gasteiger partial charge in [-0.15, -0.1) is 0 Å². The number of nitrogens with zero attached hydrogens (tertiary/aromatic N) is 1. The van der Waals surface area contributed by atoms with Crippen molar-refractivity contribution < 1.29 is 17.6 Å². The van der Waals surface area contributed by atoms with Gasteiger partial charge in [0.2, 0.25) is 15.9 Å². The van der Waals surface area contributed by atoms with E-state index in [2.05, 4.69) is 5.32 Å². The molecule has 5 nitrogen and oxygen atoms in total. The minimum absolute atomic E-state index is 0.106. The summed E-state index contributed by atoms with van der Waals surface area (Å²) in [5.74, 6) is -0.444. The molecule has 0 radical (unpaired) electrons. The smallest absolute Gasteiger partial charge is 0.242 e. The van der Waals surface area contributed by atoms with Crippen molar-refractivity contribution in [2.45, 2.75) is 17.2 Å². The zero-order valence-electron chi connectivity index (χ0n) is 13.9.